The van der Waals surface area contributed by atoms with Gasteiger partial charge in [-0.05, 0) is 39.2 Å². The molecule has 1 unspecified atom stereocenters. The largest absolute Gasteiger partial charge is 0.444 e. The van der Waals surface area contributed by atoms with E-state index in [0.29, 0.717) is 19.6 Å². The average Bonchev–Trinajstić information content (AvgIpc) is 2.61. The zero-order valence-electron chi connectivity index (χ0n) is 17.7. The Morgan fingerprint density at radius 1 is 1.21 bits per heavy atom. The van der Waals surface area contributed by atoms with Crippen molar-refractivity contribution < 1.29 is 14.3 Å². The molecule has 28 heavy (non-hydrogen) atoms. The summed E-state index contributed by atoms with van der Waals surface area (Å²) in [6.45, 7) is 9.51. The Morgan fingerprint density at radius 3 is 2.46 bits per heavy atom. The molecule has 2 amide bonds. The number of carbonyl (C=O) groups is 2. The Bertz CT molecular complexity index is 642. The fourth-order valence-corrected chi connectivity index (χ4v) is 3.69. The minimum atomic E-state index is -0.539. The van der Waals surface area contributed by atoms with E-state index in [9.17, 15) is 9.59 Å². The number of rotatable bonds is 7. The van der Waals surface area contributed by atoms with Gasteiger partial charge in [0.1, 0.15) is 5.60 Å². The van der Waals surface area contributed by atoms with Crippen LogP contribution in [0.15, 0.2) is 30.3 Å². The molecule has 156 valence electrons. The van der Waals surface area contributed by atoms with E-state index < -0.39 is 5.60 Å². The van der Waals surface area contributed by atoms with Crippen LogP contribution in [0.4, 0.5) is 4.79 Å². The van der Waals surface area contributed by atoms with Gasteiger partial charge in [-0.2, -0.15) is 0 Å². The summed E-state index contributed by atoms with van der Waals surface area (Å²) in [5.41, 5.74) is 6.32. The summed E-state index contributed by atoms with van der Waals surface area (Å²) >= 11 is 0. The van der Waals surface area contributed by atoms with E-state index in [2.05, 4.69) is 24.0 Å². The molecule has 2 atom stereocenters. The van der Waals surface area contributed by atoms with Crippen molar-refractivity contribution in [2.45, 2.75) is 71.1 Å². The smallest absolute Gasteiger partial charge is 0.410 e. The van der Waals surface area contributed by atoms with Crippen LogP contribution < -0.4 is 5.73 Å². The van der Waals surface area contributed by atoms with Crippen LogP contribution in [0.3, 0.4) is 0 Å². The Balaban J connectivity index is 2.18. The molecular weight excluding hydrogens is 354 g/mol. The number of ether oxygens (including phenoxy) is 1. The maximum absolute atomic E-state index is 12.8. The number of nitrogens with two attached hydrogens (primary N) is 1. The molecule has 1 aromatic carbocycles. The summed E-state index contributed by atoms with van der Waals surface area (Å²) in [6, 6.07) is 9.77. The van der Waals surface area contributed by atoms with Gasteiger partial charge in [0.2, 0.25) is 5.91 Å². The van der Waals surface area contributed by atoms with Crippen molar-refractivity contribution in [3.63, 3.8) is 0 Å². The molecule has 1 aliphatic heterocycles. The van der Waals surface area contributed by atoms with Crippen LogP contribution in [-0.2, 0) is 16.0 Å². The lowest BCUT2D eigenvalue weighted by Crippen LogP contribution is -2.60. The van der Waals surface area contributed by atoms with Crippen LogP contribution in [0, 0.1) is 0 Å². The lowest BCUT2D eigenvalue weighted by atomic mass is 9.99. The van der Waals surface area contributed by atoms with Crippen LogP contribution in [0.25, 0.3) is 0 Å². The number of unbranched alkanes of at least 4 members (excludes halogenated alkanes) is 1. The van der Waals surface area contributed by atoms with Crippen LogP contribution >= 0.6 is 0 Å². The van der Waals surface area contributed by atoms with E-state index in [0.717, 1.165) is 31.2 Å². The third kappa shape index (κ3) is 6.51. The second-order valence-electron chi connectivity index (χ2n) is 8.57. The topological polar surface area (TPSA) is 75.9 Å². The molecule has 0 radical (unpaired) electrons. The van der Waals surface area contributed by atoms with Gasteiger partial charge < -0.3 is 15.4 Å². The fraction of sp³-hybridized carbons (Fsp3) is 0.636. The Kier molecular flexibility index (Phi) is 7.87. The summed E-state index contributed by atoms with van der Waals surface area (Å²) in [6.07, 6.45) is 3.17. The summed E-state index contributed by atoms with van der Waals surface area (Å²) in [5, 5.41) is 0. The van der Waals surface area contributed by atoms with E-state index in [1.807, 2.05) is 43.9 Å². The predicted molar refractivity (Wildman–Crippen MR) is 111 cm³/mol. The van der Waals surface area contributed by atoms with Crippen molar-refractivity contribution in [3.05, 3.63) is 35.9 Å². The van der Waals surface area contributed by atoms with Gasteiger partial charge in [-0.25, -0.2) is 4.79 Å². The van der Waals surface area contributed by atoms with Crippen LogP contribution in [0.2, 0.25) is 0 Å². The highest BCUT2D eigenvalue weighted by Gasteiger charge is 2.36. The van der Waals surface area contributed by atoms with Gasteiger partial charge in [0.25, 0.3) is 0 Å². The highest BCUT2D eigenvalue weighted by molar-refractivity contribution is 5.80. The molecule has 0 aliphatic carbocycles. The summed E-state index contributed by atoms with van der Waals surface area (Å²) in [7, 11) is 0. The van der Waals surface area contributed by atoms with Crippen LogP contribution in [0.1, 0.15) is 52.5 Å². The third-order valence-electron chi connectivity index (χ3n) is 5.06. The van der Waals surface area contributed by atoms with Crippen LogP contribution in [0.5, 0.6) is 0 Å². The molecule has 0 spiro atoms. The summed E-state index contributed by atoms with van der Waals surface area (Å²) in [5.74, 6) is -0.280. The molecule has 1 fully saturated rings. The fourth-order valence-electron chi connectivity index (χ4n) is 3.69. The first kappa shape index (κ1) is 22.2. The zero-order valence-corrected chi connectivity index (χ0v) is 17.7. The SMILES string of the molecule is CCCCC(C(N)=O)N1CCN(C(=O)OC(C)(C)C)[C@H](Cc2ccccc2)C1. The van der Waals surface area contributed by atoms with E-state index in [1.165, 1.54) is 0 Å². The van der Waals surface area contributed by atoms with Crippen molar-refractivity contribution in [1.82, 2.24) is 9.80 Å². The monoisotopic (exact) mass is 389 g/mol. The Morgan fingerprint density at radius 2 is 1.89 bits per heavy atom. The summed E-state index contributed by atoms with van der Waals surface area (Å²) < 4.78 is 5.63. The molecule has 6 nitrogen and oxygen atoms in total. The van der Waals surface area contributed by atoms with Crippen molar-refractivity contribution >= 4 is 12.0 Å². The molecule has 0 aromatic heterocycles. The molecular formula is C22H35N3O3. The van der Waals surface area contributed by atoms with Gasteiger partial charge >= 0.3 is 6.09 Å². The lowest BCUT2D eigenvalue weighted by molar-refractivity contribution is -0.124. The minimum Gasteiger partial charge on any atom is -0.444 e. The zero-order chi connectivity index (χ0) is 20.7. The van der Waals surface area contributed by atoms with Gasteiger partial charge in [0.05, 0.1) is 12.1 Å². The highest BCUT2D eigenvalue weighted by Crippen LogP contribution is 2.21. The highest BCUT2D eigenvalue weighted by atomic mass is 16.6. The normalized spacial score (nSPS) is 19.3. The Labute approximate surface area is 169 Å². The number of amides is 2. The van der Waals surface area contributed by atoms with Crippen molar-refractivity contribution in [1.29, 1.82) is 0 Å². The molecule has 1 aromatic rings. The molecule has 2 N–H and O–H groups in total. The van der Waals surface area contributed by atoms with Crippen molar-refractivity contribution in [2.75, 3.05) is 19.6 Å². The second-order valence-corrected chi connectivity index (χ2v) is 8.57. The molecule has 6 heteroatoms. The van der Waals surface area contributed by atoms with Gasteiger partial charge in [0, 0.05) is 19.6 Å². The standard InChI is InChI=1S/C22H35N3O3/c1-5-6-12-19(20(23)26)24-13-14-25(21(27)28-22(2,3)4)18(16-24)15-17-10-8-7-9-11-17/h7-11,18-19H,5-6,12-16H2,1-4H3,(H2,23,26)/t18-,19?/m1/s1. The first-order chi connectivity index (χ1) is 13.2. The van der Waals surface area contributed by atoms with Crippen LogP contribution in [-0.4, -0.2) is 59.1 Å². The third-order valence-corrected chi connectivity index (χ3v) is 5.06. The van der Waals surface area contributed by atoms with Gasteiger partial charge in [-0.1, -0.05) is 50.1 Å². The average molecular weight is 390 g/mol. The number of nitrogens with zero attached hydrogens (tertiary/aromatic N) is 2. The minimum absolute atomic E-state index is 0.0607. The number of carbonyl (C=O) groups excluding carboxylic acids is 2. The summed E-state index contributed by atoms with van der Waals surface area (Å²) in [4.78, 5) is 28.8. The van der Waals surface area contributed by atoms with Gasteiger partial charge in [-0.15, -0.1) is 0 Å². The molecule has 2 rings (SSSR count). The lowest BCUT2D eigenvalue weighted by Gasteiger charge is -2.44. The van der Waals surface area contributed by atoms with E-state index >= 15 is 0 Å². The van der Waals surface area contributed by atoms with Crippen molar-refractivity contribution in [3.8, 4) is 0 Å². The molecule has 1 saturated heterocycles. The van der Waals surface area contributed by atoms with E-state index in [4.69, 9.17) is 10.5 Å². The number of hydrogen-bond acceptors (Lipinski definition) is 4. The number of piperazine rings is 1. The molecule has 1 heterocycles. The van der Waals surface area contributed by atoms with E-state index in [1.54, 1.807) is 0 Å². The quantitative estimate of drug-likeness (QED) is 0.777. The first-order valence-electron chi connectivity index (χ1n) is 10.3. The van der Waals surface area contributed by atoms with Gasteiger partial charge in [-0.3, -0.25) is 9.69 Å². The second kappa shape index (κ2) is 9.92. The number of benzene rings is 1. The molecule has 1 aliphatic rings. The number of primary amides is 1. The molecule has 0 bridgehead atoms. The molecule has 0 saturated carbocycles. The maximum Gasteiger partial charge on any atom is 0.410 e. The predicted octanol–water partition coefficient (Wildman–Crippen LogP) is 3.19. The van der Waals surface area contributed by atoms with E-state index in [-0.39, 0.29) is 24.1 Å². The first-order valence-corrected chi connectivity index (χ1v) is 10.3. The Hall–Kier alpha value is -2.08. The number of hydrogen-bond donors (Lipinski definition) is 1. The maximum atomic E-state index is 12.8. The van der Waals surface area contributed by atoms with Crippen molar-refractivity contribution in [2.24, 2.45) is 5.73 Å². The van der Waals surface area contributed by atoms with Gasteiger partial charge in [0.15, 0.2) is 0 Å².